The standard InChI is InChI=1S/C13H17NO3/c1-3-12-13(17-12)8-9(2)10-4-6-11(7-5-10)14(15)16/h4-7,9,12-13H,3,8H2,1-2H3. The van der Waals surface area contributed by atoms with Crippen molar-refractivity contribution in [2.75, 3.05) is 0 Å². The second-order valence-electron chi connectivity index (χ2n) is 4.61. The first-order chi connectivity index (χ1) is 8.11. The molecule has 0 amide bonds. The molecule has 17 heavy (non-hydrogen) atoms. The van der Waals surface area contributed by atoms with Gasteiger partial charge in [0.2, 0.25) is 0 Å². The van der Waals surface area contributed by atoms with Crippen LogP contribution in [0.5, 0.6) is 0 Å². The van der Waals surface area contributed by atoms with Gasteiger partial charge in [0, 0.05) is 12.1 Å². The van der Waals surface area contributed by atoms with Gasteiger partial charge in [-0.2, -0.15) is 0 Å². The summed E-state index contributed by atoms with van der Waals surface area (Å²) in [6.07, 6.45) is 2.87. The maximum absolute atomic E-state index is 10.5. The van der Waals surface area contributed by atoms with Crippen molar-refractivity contribution in [3.05, 3.63) is 39.9 Å². The zero-order chi connectivity index (χ0) is 12.4. The lowest BCUT2D eigenvalue weighted by atomic mass is 9.95. The molecule has 0 N–H and O–H groups in total. The van der Waals surface area contributed by atoms with Crippen LogP contribution in [0.3, 0.4) is 0 Å². The molecule has 1 aliphatic heterocycles. The van der Waals surface area contributed by atoms with E-state index in [0.29, 0.717) is 18.1 Å². The first-order valence-corrected chi connectivity index (χ1v) is 6.01. The Kier molecular flexibility index (Phi) is 3.43. The average Bonchev–Trinajstić information content (AvgIpc) is 3.07. The summed E-state index contributed by atoms with van der Waals surface area (Å²) in [6.45, 7) is 4.26. The molecule has 1 aromatic carbocycles. The summed E-state index contributed by atoms with van der Waals surface area (Å²) in [4.78, 5) is 10.2. The molecule has 3 atom stereocenters. The zero-order valence-corrected chi connectivity index (χ0v) is 10.1. The van der Waals surface area contributed by atoms with Crippen LogP contribution in [0.4, 0.5) is 5.69 Å². The van der Waals surface area contributed by atoms with Gasteiger partial charge in [0.15, 0.2) is 0 Å². The van der Waals surface area contributed by atoms with E-state index in [-0.39, 0.29) is 10.6 Å². The minimum absolute atomic E-state index is 0.148. The fourth-order valence-corrected chi connectivity index (χ4v) is 2.15. The highest BCUT2D eigenvalue weighted by Crippen LogP contribution is 2.34. The molecule has 0 spiro atoms. The summed E-state index contributed by atoms with van der Waals surface area (Å²) in [7, 11) is 0. The molecular weight excluding hydrogens is 218 g/mol. The van der Waals surface area contributed by atoms with Crippen molar-refractivity contribution >= 4 is 5.69 Å². The third-order valence-electron chi connectivity index (χ3n) is 3.35. The largest absolute Gasteiger partial charge is 0.370 e. The number of hydrogen-bond donors (Lipinski definition) is 0. The smallest absolute Gasteiger partial charge is 0.269 e. The Labute approximate surface area is 101 Å². The quantitative estimate of drug-likeness (QED) is 0.447. The first kappa shape index (κ1) is 12.0. The maximum atomic E-state index is 10.5. The van der Waals surface area contributed by atoms with Crippen molar-refractivity contribution in [1.82, 2.24) is 0 Å². The number of epoxide rings is 1. The highest BCUT2D eigenvalue weighted by Gasteiger charge is 2.37. The fraction of sp³-hybridized carbons (Fsp3) is 0.538. The van der Waals surface area contributed by atoms with Crippen LogP contribution in [0, 0.1) is 10.1 Å². The highest BCUT2D eigenvalue weighted by molar-refractivity contribution is 5.34. The SMILES string of the molecule is CCC1OC1CC(C)c1ccc([N+](=O)[O-])cc1. The number of ether oxygens (including phenoxy) is 1. The van der Waals surface area contributed by atoms with Crippen LogP contribution in [-0.2, 0) is 4.74 Å². The van der Waals surface area contributed by atoms with E-state index in [1.807, 2.05) is 12.1 Å². The minimum atomic E-state index is -0.369. The highest BCUT2D eigenvalue weighted by atomic mass is 16.6. The number of non-ortho nitro benzene ring substituents is 1. The molecule has 1 aliphatic rings. The molecule has 4 heteroatoms. The predicted molar refractivity (Wildman–Crippen MR) is 65.1 cm³/mol. The Morgan fingerprint density at radius 3 is 2.47 bits per heavy atom. The number of nitro groups is 1. The summed E-state index contributed by atoms with van der Waals surface area (Å²) >= 11 is 0. The first-order valence-electron chi connectivity index (χ1n) is 6.01. The second-order valence-corrected chi connectivity index (χ2v) is 4.61. The Bertz CT molecular complexity index is 402. The lowest BCUT2D eigenvalue weighted by molar-refractivity contribution is -0.384. The zero-order valence-electron chi connectivity index (χ0n) is 10.1. The molecule has 0 aliphatic carbocycles. The van der Waals surface area contributed by atoms with Crippen LogP contribution < -0.4 is 0 Å². The monoisotopic (exact) mass is 235 g/mol. The molecule has 0 radical (unpaired) electrons. The Hall–Kier alpha value is -1.42. The molecule has 0 saturated carbocycles. The Morgan fingerprint density at radius 2 is 2.00 bits per heavy atom. The average molecular weight is 235 g/mol. The van der Waals surface area contributed by atoms with Gasteiger partial charge < -0.3 is 4.74 Å². The lowest BCUT2D eigenvalue weighted by Crippen LogP contribution is -2.01. The number of hydrogen-bond acceptors (Lipinski definition) is 3. The summed E-state index contributed by atoms with van der Waals surface area (Å²) in [6, 6.07) is 6.81. The van der Waals surface area contributed by atoms with Gasteiger partial charge in [0.25, 0.3) is 5.69 Å². The number of benzene rings is 1. The van der Waals surface area contributed by atoms with Crippen LogP contribution in [0.2, 0.25) is 0 Å². The molecule has 3 unspecified atom stereocenters. The van der Waals surface area contributed by atoms with E-state index in [1.165, 1.54) is 0 Å². The van der Waals surface area contributed by atoms with Crippen LogP contribution in [-0.4, -0.2) is 17.1 Å². The molecule has 1 heterocycles. The predicted octanol–water partition coefficient (Wildman–Crippen LogP) is 3.27. The third kappa shape index (κ3) is 2.82. The van der Waals surface area contributed by atoms with Crippen LogP contribution in [0.1, 0.15) is 38.2 Å². The van der Waals surface area contributed by atoms with Crippen LogP contribution >= 0.6 is 0 Å². The molecule has 1 fully saturated rings. The summed E-state index contributed by atoms with van der Waals surface area (Å²) in [5.74, 6) is 0.386. The van der Waals surface area contributed by atoms with Crippen molar-refractivity contribution in [1.29, 1.82) is 0 Å². The number of nitro benzene ring substituents is 1. The number of rotatable bonds is 5. The normalized spacial score (nSPS) is 24.4. The molecule has 92 valence electrons. The molecular formula is C13H17NO3. The van der Waals surface area contributed by atoms with E-state index in [0.717, 1.165) is 18.4 Å². The maximum Gasteiger partial charge on any atom is 0.269 e. The van der Waals surface area contributed by atoms with Crippen molar-refractivity contribution < 1.29 is 9.66 Å². The fourth-order valence-electron chi connectivity index (χ4n) is 2.15. The van der Waals surface area contributed by atoms with Gasteiger partial charge in [0.1, 0.15) is 0 Å². The molecule has 1 saturated heterocycles. The minimum Gasteiger partial charge on any atom is -0.370 e. The van der Waals surface area contributed by atoms with Crippen molar-refractivity contribution in [2.24, 2.45) is 0 Å². The van der Waals surface area contributed by atoms with Crippen LogP contribution in [0.25, 0.3) is 0 Å². The Balaban J connectivity index is 1.95. The van der Waals surface area contributed by atoms with Gasteiger partial charge in [-0.05, 0) is 24.3 Å². The van der Waals surface area contributed by atoms with Gasteiger partial charge in [-0.3, -0.25) is 10.1 Å². The molecule has 4 nitrogen and oxygen atoms in total. The van der Waals surface area contributed by atoms with Crippen molar-refractivity contribution in [2.45, 2.75) is 44.8 Å². The summed E-state index contributed by atoms with van der Waals surface area (Å²) in [5.41, 5.74) is 1.29. The van der Waals surface area contributed by atoms with E-state index < -0.39 is 0 Å². The van der Waals surface area contributed by atoms with Crippen LogP contribution in [0.15, 0.2) is 24.3 Å². The Morgan fingerprint density at radius 1 is 1.35 bits per heavy atom. The third-order valence-corrected chi connectivity index (χ3v) is 3.35. The van der Waals surface area contributed by atoms with Crippen molar-refractivity contribution in [3.63, 3.8) is 0 Å². The van der Waals surface area contributed by atoms with E-state index in [4.69, 9.17) is 4.74 Å². The molecule has 2 rings (SSSR count). The summed E-state index contributed by atoms with van der Waals surface area (Å²) in [5, 5.41) is 10.5. The van der Waals surface area contributed by atoms with E-state index in [1.54, 1.807) is 12.1 Å². The van der Waals surface area contributed by atoms with E-state index in [9.17, 15) is 10.1 Å². The number of nitrogens with zero attached hydrogens (tertiary/aromatic N) is 1. The topological polar surface area (TPSA) is 55.7 Å². The van der Waals surface area contributed by atoms with E-state index in [2.05, 4.69) is 13.8 Å². The molecule has 1 aromatic rings. The summed E-state index contributed by atoms with van der Waals surface area (Å²) < 4.78 is 5.51. The molecule has 0 bridgehead atoms. The van der Waals surface area contributed by atoms with Gasteiger partial charge in [0.05, 0.1) is 17.1 Å². The van der Waals surface area contributed by atoms with Crippen molar-refractivity contribution in [3.8, 4) is 0 Å². The van der Waals surface area contributed by atoms with Gasteiger partial charge in [-0.1, -0.05) is 26.0 Å². The lowest BCUT2D eigenvalue weighted by Gasteiger charge is -2.09. The van der Waals surface area contributed by atoms with E-state index >= 15 is 0 Å². The second kappa shape index (κ2) is 4.84. The van der Waals surface area contributed by atoms with Gasteiger partial charge in [-0.25, -0.2) is 0 Å². The molecule has 0 aromatic heterocycles. The van der Waals surface area contributed by atoms with Gasteiger partial charge in [-0.15, -0.1) is 0 Å². The van der Waals surface area contributed by atoms with Gasteiger partial charge >= 0.3 is 0 Å².